The fourth-order valence-corrected chi connectivity index (χ4v) is 3.40. The van der Waals surface area contributed by atoms with Crippen LogP contribution in [-0.2, 0) is 4.74 Å². The van der Waals surface area contributed by atoms with E-state index in [9.17, 15) is 10.1 Å². The Balaban J connectivity index is 2.32. The van der Waals surface area contributed by atoms with Crippen LogP contribution in [0, 0.1) is 11.3 Å². The van der Waals surface area contributed by atoms with Gasteiger partial charge in [0.05, 0.1) is 27.3 Å². The van der Waals surface area contributed by atoms with Crippen molar-refractivity contribution in [1.29, 1.82) is 5.26 Å². The molecule has 5 heteroatoms. The molecule has 1 aromatic heterocycles. The van der Waals surface area contributed by atoms with Crippen molar-refractivity contribution >= 4 is 32.9 Å². The van der Waals surface area contributed by atoms with E-state index < -0.39 is 11.7 Å². The molecule has 3 rings (SSSR count). The van der Waals surface area contributed by atoms with Gasteiger partial charge in [-0.05, 0) is 60.5 Å². The highest BCUT2D eigenvalue weighted by Crippen LogP contribution is 2.38. The lowest BCUT2D eigenvalue weighted by atomic mass is 10.1. The van der Waals surface area contributed by atoms with Crippen LogP contribution in [0.25, 0.3) is 22.2 Å². The number of fused-ring (bicyclic) bond motifs is 1. The molecule has 0 spiro atoms. The molecular formula is C20H17BrN2O2. The Morgan fingerprint density at radius 1 is 1.16 bits per heavy atom. The van der Waals surface area contributed by atoms with Crippen LogP contribution in [0.15, 0.2) is 53.0 Å². The average Bonchev–Trinajstić information content (AvgIpc) is 2.86. The molecule has 0 N–H and O–H groups in total. The number of hydrogen-bond acceptors (Lipinski definition) is 3. The maximum absolute atomic E-state index is 12.9. The van der Waals surface area contributed by atoms with Crippen LogP contribution >= 0.6 is 15.9 Å². The van der Waals surface area contributed by atoms with Crippen molar-refractivity contribution in [2.24, 2.45) is 0 Å². The summed E-state index contributed by atoms with van der Waals surface area (Å²) < 4.78 is 7.92. The Morgan fingerprint density at radius 2 is 1.84 bits per heavy atom. The third-order valence-electron chi connectivity index (χ3n) is 3.66. The number of aromatic nitrogens is 1. The van der Waals surface area contributed by atoms with Crippen LogP contribution in [0.3, 0.4) is 0 Å². The van der Waals surface area contributed by atoms with Crippen LogP contribution < -0.4 is 0 Å². The molecule has 126 valence electrons. The van der Waals surface area contributed by atoms with Crippen LogP contribution in [0.1, 0.15) is 26.3 Å². The van der Waals surface area contributed by atoms with E-state index in [1.807, 2.05) is 51.1 Å². The minimum absolute atomic E-state index is 0.452. The van der Waals surface area contributed by atoms with Gasteiger partial charge < -0.3 is 4.74 Å². The predicted molar refractivity (Wildman–Crippen MR) is 101 cm³/mol. The Bertz CT molecular complexity index is 992. The number of carbonyl (C=O) groups excluding carboxylic acids is 1. The van der Waals surface area contributed by atoms with Gasteiger partial charge in [0.2, 0.25) is 0 Å². The summed E-state index contributed by atoms with van der Waals surface area (Å²) in [7, 11) is 0. The zero-order valence-electron chi connectivity index (χ0n) is 14.2. The molecular weight excluding hydrogens is 380 g/mol. The quantitative estimate of drug-likeness (QED) is 0.527. The smallest absolute Gasteiger partial charge is 0.419 e. The Labute approximate surface area is 154 Å². The van der Waals surface area contributed by atoms with Crippen LogP contribution in [0.4, 0.5) is 4.79 Å². The number of hydrogen-bond donors (Lipinski definition) is 0. The van der Waals surface area contributed by atoms with Gasteiger partial charge in [-0.1, -0.05) is 30.3 Å². The standard InChI is InChI=1S/C20H17BrN2O2/c1-20(2,3)25-19(24)23-16-10-9-13(12-22)11-15(16)17(21)18(23)14-7-5-4-6-8-14/h4-11H,1-3H3. The minimum Gasteiger partial charge on any atom is -0.443 e. The van der Waals surface area contributed by atoms with Gasteiger partial charge in [0.1, 0.15) is 5.60 Å². The number of ether oxygens (including phenoxy) is 1. The Kier molecular flexibility index (Phi) is 4.40. The first-order chi connectivity index (χ1) is 11.8. The maximum atomic E-state index is 12.9. The fourth-order valence-electron chi connectivity index (χ4n) is 2.67. The molecule has 1 heterocycles. The molecule has 0 aliphatic heterocycles. The third-order valence-corrected chi connectivity index (χ3v) is 4.46. The van der Waals surface area contributed by atoms with E-state index >= 15 is 0 Å². The molecule has 0 saturated heterocycles. The van der Waals surface area contributed by atoms with Gasteiger partial charge in [-0.2, -0.15) is 5.26 Å². The number of carbonyl (C=O) groups is 1. The molecule has 0 atom stereocenters. The summed E-state index contributed by atoms with van der Waals surface area (Å²) in [5.74, 6) is 0. The number of nitrogens with zero attached hydrogens (tertiary/aromatic N) is 2. The molecule has 0 radical (unpaired) electrons. The largest absolute Gasteiger partial charge is 0.443 e. The van der Waals surface area contributed by atoms with Crippen LogP contribution in [0.5, 0.6) is 0 Å². The lowest BCUT2D eigenvalue weighted by molar-refractivity contribution is 0.0547. The molecule has 0 aliphatic carbocycles. The van der Waals surface area contributed by atoms with Crippen molar-refractivity contribution in [3.8, 4) is 17.3 Å². The SMILES string of the molecule is CC(C)(C)OC(=O)n1c(-c2ccccc2)c(Br)c2cc(C#N)ccc21. The summed E-state index contributed by atoms with van der Waals surface area (Å²) in [6, 6.07) is 17.0. The zero-order valence-corrected chi connectivity index (χ0v) is 15.8. The summed E-state index contributed by atoms with van der Waals surface area (Å²) in [6.45, 7) is 5.50. The molecule has 2 aromatic carbocycles. The molecule has 4 nitrogen and oxygen atoms in total. The van der Waals surface area contributed by atoms with E-state index in [1.54, 1.807) is 22.8 Å². The number of nitriles is 1. The van der Waals surface area contributed by atoms with Crippen LogP contribution in [0.2, 0.25) is 0 Å². The molecule has 0 unspecified atom stereocenters. The van der Waals surface area contributed by atoms with E-state index in [0.717, 1.165) is 15.4 Å². The van der Waals surface area contributed by atoms with Crippen molar-refractivity contribution in [3.05, 3.63) is 58.6 Å². The highest BCUT2D eigenvalue weighted by molar-refractivity contribution is 9.10. The molecule has 0 aliphatic rings. The maximum Gasteiger partial charge on any atom is 0.419 e. The number of rotatable bonds is 1. The van der Waals surface area contributed by atoms with Gasteiger partial charge in [0, 0.05) is 5.39 Å². The van der Waals surface area contributed by atoms with Gasteiger partial charge in [-0.25, -0.2) is 9.36 Å². The first kappa shape index (κ1) is 17.2. The van der Waals surface area contributed by atoms with E-state index in [4.69, 9.17) is 4.74 Å². The Hall–Kier alpha value is -2.58. The van der Waals surface area contributed by atoms with E-state index in [0.29, 0.717) is 16.8 Å². The lowest BCUT2D eigenvalue weighted by Crippen LogP contribution is -2.27. The second-order valence-electron chi connectivity index (χ2n) is 6.69. The molecule has 0 saturated carbocycles. The molecule has 0 fully saturated rings. The van der Waals surface area contributed by atoms with Gasteiger partial charge in [0.15, 0.2) is 0 Å². The molecule has 0 amide bonds. The minimum atomic E-state index is -0.610. The summed E-state index contributed by atoms with van der Waals surface area (Å²) >= 11 is 3.61. The number of benzene rings is 2. The first-order valence-electron chi connectivity index (χ1n) is 7.84. The van der Waals surface area contributed by atoms with Gasteiger partial charge in [-0.3, -0.25) is 0 Å². The van der Waals surface area contributed by atoms with Gasteiger partial charge in [0.25, 0.3) is 0 Å². The van der Waals surface area contributed by atoms with Crippen molar-refractivity contribution in [2.45, 2.75) is 26.4 Å². The highest BCUT2D eigenvalue weighted by Gasteiger charge is 2.25. The Morgan fingerprint density at radius 3 is 2.44 bits per heavy atom. The second-order valence-corrected chi connectivity index (χ2v) is 7.48. The van der Waals surface area contributed by atoms with E-state index in [-0.39, 0.29) is 0 Å². The summed E-state index contributed by atoms with van der Waals surface area (Å²) in [4.78, 5) is 12.9. The first-order valence-corrected chi connectivity index (χ1v) is 8.64. The molecule has 0 bridgehead atoms. The van der Waals surface area contributed by atoms with Gasteiger partial charge in [-0.15, -0.1) is 0 Å². The average molecular weight is 397 g/mol. The van der Waals surface area contributed by atoms with Gasteiger partial charge >= 0.3 is 6.09 Å². The van der Waals surface area contributed by atoms with Crippen molar-refractivity contribution in [2.75, 3.05) is 0 Å². The lowest BCUT2D eigenvalue weighted by Gasteiger charge is -2.21. The highest BCUT2D eigenvalue weighted by atomic mass is 79.9. The van der Waals surface area contributed by atoms with Crippen molar-refractivity contribution in [1.82, 2.24) is 4.57 Å². The van der Waals surface area contributed by atoms with E-state index in [2.05, 4.69) is 22.0 Å². The summed E-state index contributed by atoms with van der Waals surface area (Å²) in [5.41, 5.74) is 2.21. The normalized spacial score (nSPS) is 11.3. The van der Waals surface area contributed by atoms with Crippen LogP contribution in [-0.4, -0.2) is 16.3 Å². The molecule has 25 heavy (non-hydrogen) atoms. The monoisotopic (exact) mass is 396 g/mol. The topological polar surface area (TPSA) is 55.0 Å². The zero-order chi connectivity index (χ0) is 18.2. The number of halogens is 1. The third kappa shape index (κ3) is 3.31. The second kappa shape index (κ2) is 6.38. The molecule has 3 aromatic rings. The van der Waals surface area contributed by atoms with E-state index in [1.165, 1.54) is 0 Å². The summed E-state index contributed by atoms with van der Waals surface area (Å²) in [6.07, 6.45) is -0.452. The summed E-state index contributed by atoms with van der Waals surface area (Å²) in [5, 5.41) is 9.97. The predicted octanol–water partition coefficient (Wildman–Crippen LogP) is 5.73. The fraction of sp³-hybridized carbons (Fsp3) is 0.200. The van der Waals surface area contributed by atoms with Crippen molar-refractivity contribution in [3.63, 3.8) is 0 Å². The van der Waals surface area contributed by atoms with Crippen molar-refractivity contribution < 1.29 is 9.53 Å².